The van der Waals surface area contributed by atoms with Crippen LogP contribution in [0.15, 0.2) is 77.7 Å². The first kappa shape index (κ1) is 24.4. The van der Waals surface area contributed by atoms with E-state index >= 15 is 0 Å². The molecule has 174 valence electrons. The molecule has 0 heterocycles. The molecule has 0 atom stereocenters. The second kappa shape index (κ2) is 11.1. The number of nitrogens with zero attached hydrogens (tertiary/aromatic N) is 1. The van der Waals surface area contributed by atoms with Crippen LogP contribution in [0.1, 0.15) is 5.56 Å². The number of anilines is 1. The topological polar surface area (TPSA) is 84.9 Å². The standard InChI is InChI=1S/C24H25ClN2O5S/c1-18-6-3-4-9-23(18)27(33(29,30)22-12-10-19(25)11-13-22)17-24(28)26-14-15-32-21-8-5-7-20(16-21)31-2/h3-13,16H,14-15,17H2,1-2H3,(H,26,28). The predicted molar refractivity (Wildman–Crippen MR) is 129 cm³/mol. The van der Waals surface area contributed by atoms with E-state index in [-0.39, 0.29) is 24.6 Å². The number of nitrogens with one attached hydrogen (secondary N) is 1. The molecule has 1 amide bonds. The lowest BCUT2D eigenvalue weighted by molar-refractivity contribution is -0.119. The summed E-state index contributed by atoms with van der Waals surface area (Å²) in [5.74, 6) is 0.818. The van der Waals surface area contributed by atoms with Gasteiger partial charge in [0.15, 0.2) is 0 Å². The first-order valence-corrected chi connectivity index (χ1v) is 12.0. The summed E-state index contributed by atoms with van der Waals surface area (Å²) in [5.41, 5.74) is 1.15. The Kier molecular flexibility index (Phi) is 8.19. The largest absolute Gasteiger partial charge is 0.497 e. The molecule has 0 aromatic heterocycles. The van der Waals surface area contributed by atoms with E-state index in [1.807, 2.05) is 6.07 Å². The van der Waals surface area contributed by atoms with E-state index in [1.54, 1.807) is 56.5 Å². The maximum atomic E-state index is 13.4. The third-order valence-electron chi connectivity index (χ3n) is 4.81. The van der Waals surface area contributed by atoms with Gasteiger partial charge in [0.05, 0.1) is 24.2 Å². The first-order chi connectivity index (χ1) is 15.8. The fraction of sp³-hybridized carbons (Fsp3) is 0.208. The van der Waals surface area contributed by atoms with E-state index in [1.165, 1.54) is 24.3 Å². The van der Waals surface area contributed by atoms with Crippen molar-refractivity contribution in [1.29, 1.82) is 0 Å². The number of sulfonamides is 1. The third kappa shape index (κ3) is 6.40. The van der Waals surface area contributed by atoms with Crippen molar-refractivity contribution in [3.63, 3.8) is 0 Å². The fourth-order valence-electron chi connectivity index (χ4n) is 3.11. The van der Waals surface area contributed by atoms with Gasteiger partial charge in [-0.3, -0.25) is 9.10 Å². The number of halogens is 1. The van der Waals surface area contributed by atoms with Crippen molar-refractivity contribution in [2.24, 2.45) is 0 Å². The van der Waals surface area contributed by atoms with Gasteiger partial charge in [-0.05, 0) is 55.0 Å². The molecule has 0 saturated carbocycles. The number of rotatable bonds is 10. The average Bonchev–Trinajstić information content (AvgIpc) is 2.81. The van der Waals surface area contributed by atoms with Crippen LogP contribution in [-0.2, 0) is 14.8 Å². The highest BCUT2D eigenvalue weighted by Crippen LogP contribution is 2.27. The quantitative estimate of drug-likeness (QED) is 0.435. The molecule has 33 heavy (non-hydrogen) atoms. The van der Waals surface area contributed by atoms with Gasteiger partial charge in [0, 0.05) is 11.1 Å². The summed E-state index contributed by atoms with van der Waals surface area (Å²) >= 11 is 5.91. The molecular weight excluding hydrogens is 464 g/mol. The average molecular weight is 489 g/mol. The number of benzene rings is 3. The van der Waals surface area contributed by atoms with Gasteiger partial charge in [-0.15, -0.1) is 0 Å². The van der Waals surface area contributed by atoms with Gasteiger partial charge in [0.1, 0.15) is 24.7 Å². The highest BCUT2D eigenvalue weighted by molar-refractivity contribution is 7.92. The summed E-state index contributed by atoms with van der Waals surface area (Å²) in [7, 11) is -2.43. The molecule has 1 N–H and O–H groups in total. The highest BCUT2D eigenvalue weighted by atomic mass is 35.5. The summed E-state index contributed by atoms with van der Waals surface area (Å²) in [4.78, 5) is 12.7. The van der Waals surface area contributed by atoms with Crippen molar-refractivity contribution in [2.75, 3.05) is 31.1 Å². The van der Waals surface area contributed by atoms with Crippen molar-refractivity contribution in [1.82, 2.24) is 5.32 Å². The molecule has 3 aromatic rings. The molecule has 0 aliphatic carbocycles. The second-order valence-electron chi connectivity index (χ2n) is 7.13. The maximum absolute atomic E-state index is 13.4. The molecule has 0 fully saturated rings. The second-order valence-corrected chi connectivity index (χ2v) is 9.43. The molecule has 0 aliphatic rings. The Morgan fingerprint density at radius 2 is 1.70 bits per heavy atom. The van der Waals surface area contributed by atoms with Crippen LogP contribution in [0.3, 0.4) is 0 Å². The van der Waals surface area contributed by atoms with E-state index in [0.29, 0.717) is 22.2 Å². The van der Waals surface area contributed by atoms with Crippen LogP contribution in [0.5, 0.6) is 11.5 Å². The van der Waals surface area contributed by atoms with Gasteiger partial charge >= 0.3 is 0 Å². The van der Waals surface area contributed by atoms with Crippen molar-refractivity contribution < 1.29 is 22.7 Å². The Morgan fingerprint density at radius 3 is 2.39 bits per heavy atom. The first-order valence-electron chi connectivity index (χ1n) is 10.2. The monoisotopic (exact) mass is 488 g/mol. The Labute approximate surface area is 198 Å². The molecular formula is C24H25ClN2O5S. The summed E-state index contributed by atoms with van der Waals surface area (Å²) in [6.45, 7) is 1.83. The Bertz CT molecular complexity index is 1200. The minimum atomic E-state index is -4.00. The molecule has 9 heteroatoms. The lowest BCUT2D eigenvalue weighted by atomic mass is 10.2. The van der Waals surface area contributed by atoms with Crippen LogP contribution in [-0.4, -0.2) is 41.1 Å². The molecule has 0 spiro atoms. The number of hydrogen-bond donors (Lipinski definition) is 1. The number of amides is 1. The molecule has 0 bridgehead atoms. The minimum absolute atomic E-state index is 0.0457. The van der Waals surface area contributed by atoms with Crippen molar-refractivity contribution in [3.05, 3.63) is 83.4 Å². The van der Waals surface area contributed by atoms with Crippen molar-refractivity contribution >= 4 is 33.2 Å². The van der Waals surface area contributed by atoms with Crippen LogP contribution >= 0.6 is 11.6 Å². The number of aryl methyl sites for hydroxylation is 1. The SMILES string of the molecule is COc1cccc(OCCNC(=O)CN(c2ccccc2C)S(=O)(=O)c2ccc(Cl)cc2)c1. The summed E-state index contributed by atoms with van der Waals surface area (Å²) in [6.07, 6.45) is 0. The van der Waals surface area contributed by atoms with Gasteiger partial charge in [0.2, 0.25) is 5.91 Å². The van der Waals surface area contributed by atoms with E-state index in [2.05, 4.69) is 5.32 Å². The maximum Gasteiger partial charge on any atom is 0.264 e. The van der Waals surface area contributed by atoms with Gasteiger partial charge < -0.3 is 14.8 Å². The Morgan fingerprint density at radius 1 is 1.00 bits per heavy atom. The summed E-state index contributed by atoms with van der Waals surface area (Å²) in [6, 6.07) is 20.0. The minimum Gasteiger partial charge on any atom is -0.497 e. The molecule has 0 aliphatic heterocycles. The van der Waals surface area contributed by atoms with Gasteiger partial charge in [-0.25, -0.2) is 8.42 Å². The summed E-state index contributed by atoms with van der Waals surface area (Å²) in [5, 5.41) is 3.13. The van der Waals surface area contributed by atoms with Crippen LogP contribution in [0.4, 0.5) is 5.69 Å². The van der Waals surface area contributed by atoms with E-state index < -0.39 is 15.9 Å². The third-order valence-corrected chi connectivity index (χ3v) is 6.83. The van der Waals surface area contributed by atoms with Crippen molar-refractivity contribution in [2.45, 2.75) is 11.8 Å². The van der Waals surface area contributed by atoms with Gasteiger partial charge in [-0.1, -0.05) is 35.9 Å². The Hall–Kier alpha value is -3.23. The molecule has 7 nitrogen and oxygen atoms in total. The molecule has 0 unspecified atom stereocenters. The van der Waals surface area contributed by atoms with E-state index in [9.17, 15) is 13.2 Å². The predicted octanol–water partition coefficient (Wildman–Crippen LogP) is 4.05. The zero-order valence-electron chi connectivity index (χ0n) is 18.3. The number of hydrogen-bond acceptors (Lipinski definition) is 5. The lowest BCUT2D eigenvalue weighted by Gasteiger charge is -2.25. The van der Waals surface area contributed by atoms with E-state index in [0.717, 1.165) is 9.87 Å². The number of carbonyl (C=O) groups excluding carboxylic acids is 1. The molecule has 0 saturated heterocycles. The van der Waals surface area contributed by atoms with Crippen LogP contribution in [0.2, 0.25) is 5.02 Å². The van der Waals surface area contributed by atoms with Crippen LogP contribution in [0, 0.1) is 6.92 Å². The number of methoxy groups -OCH3 is 1. The molecule has 0 radical (unpaired) electrons. The number of ether oxygens (including phenoxy) is 2. The van der Waals surface area contributed by atoms with Crippen molar-refractivity contribution in [3.8, 4) is 11.5 Å². The Balaban J connectivity index is 1.70. The van der Waals surface area contributed by atoms with Crippen LogP contribution < -0.4 is 19.1 Å². The van der Waals surface area contributed by atoms with Gasteiger partial charge in [0.25, 0.3) is 10.0 Å². The zero-order valence-corrected chi connectivity index (χ0v) is 19.9. The number of para-hydroxylation sites is 1. The van der Waals surface area contributed by atoms with Gasteiger partial charge in [-0.2, -0.15) is 0 Å². The zero-order chi connectivity index (χ0) is 23.8. The smallest absolute Gasteiger partial charge is 0.264 e. The van der Waals surface area contributed by atoms with Crippen LogP contribution in [0.25, 0.3) is 0 Å². The van der Waals surface area contributed by atoms with E-state index in [4.69, 9.17) is 21.1 Å². The highest BCUT2D eigenvalue weighted by Gasteiger charge is 2.28. The lowest BCUT2D eigenvalue weighted by Crippen LogP contribution is -2.42. The normalized spacial score (nSPS) is 11.0. The molecule has 3 rings (SSSR count). The number of carbonyl (C=O) groups is 1. The summed E-state index contributed by atoms with van der Waals surface area (Å²) < 4.78 is 38.6. The fourth-order valence-corrected chi connectivity index (χ4v) is 4.72. The molecule has 3 aromatic carbocycles.